The fraction of sp³-hybridized carbons (Fsp3) is 0.520. The van der Waals surface area contributed by atoms with Crippen molar-refractivity contribution in [3.05, 3.63) is 52.7 Å². The Morgan fingerprint density at radius 2 is 1.77 bits per heavy atom. The highest BCUT2D eigenvalue weighted by atomic mass is 32.1. The molecule has 0 bridgehead atoms. The first kappa shape index (κ1) is 21.9. The predicted molar refractivity (Wildman–Crippen MR) is 123 cm³/mol. The second kappa shape index (κ2) is 9.86. The number of nitrogens with zero attached hydrogens (tertiary/aromatic N) is 2. The van der Waals surface area contributed by atoms with Gasteiger partial charge in [-0.2, -0.15) is 0 Å². The molecule has 5 nitrogen and oxygen atoms in total. The van der Waals surface area contributed by atoms with Gasteiger partial charge < -0.3 is 14.5 Å². The molecule has 0 spiro atoms. The Kier molecular flexibility index (Phi) is 6.96. The first-order valence-electron chi connectivity index (χ1n) is 11.3. The zero-order valence-corrected chi connectivity index (χ0v) is 19.2. The number of ether oxygens (including phenoxy) is 1. The van der Waals surface area contributed by atoms with Gasteiger partial charge in [0.15, 0.2) is 0 Å². The highest BCUT2D eigenvalue weighted by Gasteiger charge is 2.41. The van der Waals surface area contributed by atoms with Crippen LogP contribution in [0.5, 0.6) is 5.75 Å². The molecule has 2 aliphatic heterocycles. The third-order valence-electron chi connectivity index (χ3n) is 6.67. The van der Waals surface area contributed by atoms with Crippen molar-refractivity contribution in [1.82, 2.24) is 9.80 Å². The smallest absolute Gasteiger partial charge is 0.263 e. The highest BCUT2D eigenvalue weighted by molar-refractivity contribution is 7.12. The van der Waals surface area contributed by atoms with Gasteiger partial charge in [-0.25, -0.2) is 0 Å². The maximum Gasteiger partial charge on any atom is 0.263 e. The number of carbonyl (C=O) groups is 2. The lowest BCUT2D eigenvalue weighted by molar-refractivity contribution is -0.136. The van der Waals surface area contributed by atoms with Crippen molar-refractivity contribution >= 4 is 23.2 Å². The molecular formula is C25H32N2O3S. The fourth-order valence-corrected chi connectivity index (χ4v) is 5.65. The molecule has 1 aromatic heterocycles. The monoisotopic (exact) mass is 440 g/mol. The topological polar surface area (TPSA) is 49.9 Å². The number of rotatable bonds is 6. The Bertz CT molecular complexity index is 860. The zero-order chi connectivity index (χ0) is 21.8. The molecule has 2 aromatic rings. The van der Waals surface area contributed by atoms with Crippen LogP contribution in [0.15, 0.2) is 47.8 Å². The molecule has 3 heterocycles. The molecule has 4 rings (SSSR count). The van der Waals surface area contributed by atoms with Gasteiger partial charge in [0, 0.05) is 38.0 Å². The van der Waals surface area contributed by atoms with Crippen LogP contribution >= 0.6 is 11.3 Å². The van der Waals surface area contributed by atoms with E-state index in [1.54, 1.807) is 0 Å². The summed E-state index contributed by atoms with van der Waals surface area (Å²) in [5, 5.41) is 1.96. The van der Waals surface area contributed by atoms with Crippen molar-refractivity contribution in [2.75, 3.05) is 32.8 Å². The minimum atomic E-state index is 0.0500. The molecule has 0 N–H and O–H groups in total. The summed E-state index contributed by atoms with van der Waals surface area (Å²) in [6.07, 6.45) is 2.01. The van der Waals surface area contributed by atoms with Crippen LogP contribution in [0.1, 0.15) is 36.4 Å². The molecule has 0 radical (unpaired) electrons. The van der Waals surface area contributed by atoms with Gasteiger partial charge in [-0.05, 0) is 48.3 Å². The molecule has 2 aliphatic rings. The van der Waals surface area contributed by atoms with Crippen LogP contribution in [0.3, 0.4) is 0 Å². The summed E-state index contributed by atoms with van der Waals surface area (Å²) in [4.78, 5) is 30.2. The first-order valence-corrected chi connectivity index (χ1v) is 12.2. The molecule has 2 atom stereocenters. The number of likely N-dealkylation sites (tertiary alicyclic amines) is 2. The summed E-state index contributed by atoms with van der Waals surface area (Å²) >= 11 is 1.51. The van der Waals surface area contributed by atoms with Crippen molar-refractivity contribution < 1.29 is 14.3 Å². The van der Waals surface area contributed by atoms with E-state index in [1.165, 1.54) is 11.3 Å². The van der Waals surface area contributed by atoms with Gasteiger partial charge >= 0.3 is 0 Å². The number of amides is 2. The molecule has 0 aliphatic carbocycles. The Morgan fingerprint density at radius 3 is 2.42 bits per heavy atom. The van der Waals surface area contributed by atoms with Crippen LogP contribution in [-0.4, -0.2) is 54.4 Å². The van der Waals surface area contributed by atoms with E-state index in [0.717, 1.165) is 49.6 Å². The average Bonchev–Trinajstić information content (AvgIpc) is 3.48. The van der Waals surface area contributed by atoms with Gasteiger partial charge in [-0.1, -0.05) is 38.1 Å². The number of piperidine rings is 1. The second-order valence-corrected chi connectivity index (χ2v) is 10.0. The van der Waals surface area contributed by atoms with Crippen molar-refractivity contribution in [2.45, 2.75) is 26.7 Å². The van der Waals surface area contributed by atoms with Crippen LogP contribution in [0.25, 0.3) is 0 Å². The quantitative estimate of drug-likeness (QED) is 0.669. The van der Waals surface area contributed by atoms with Gasteiger partial charge in [-0.3, -0.25) is 9.59 Å². The molecule has 31 heavy (non-hydrogen) atoms. The Balaban J connectivity index is 1.43. The Morgan fingerprint density at radius 1 is 1.03 bits per heavy atom. The molecule has 2 saturated heterocycles. The van der Waals surface area contributed by atoms with E-state index < -0.39 is 0 Å². The number of para-hydroxylation sites is 1. The minimum absolute atomic E-state index is 0.0500. The van der Waals surface area contributed by atoms with Crippen molar-refractivity contribution in [2.24, 2.45) is 23.7 Å². The van der Waals surface area contributed by atoms with E-state index in [0.29, 0.717) is 24.4 Å². The number of hydrogen-bond acceptors (Lipinski definition) is 4. The summed E-state index contributed by atoms with van der Waals surface area (Å²) in [6, 6.07) is 13.8. The van der Waals surface area contributed by atoms with Gasteiger partial charge in [0.25, 0.3) is 5.91 Å². The van der Waals surface area contributed by atoms with Crippen LogP contribution in [-0.2, 0) is 4.79 Å². The molecule has 2 amide bonds. The summed E-state index contributed by atoms with van der Waals surface area (Å²) in [6.45, 7) is 7.72. The number of carbonyl (C=O) groups excluding carboxylic acids is 2. The molecular weight excluding hydrogens is 408 g/mol. The summed E-state index contributed by atoms with van der Waals surface area (Å²) in [5.41, 5.74) is 0. The molecule has 6 heteroatoms. The van der Waals surface area contributed by atoms with Crippen molar-refractivity contribution in [3.8, 4) is 5.75 Å². The van der Waals surface area contributed by atoms with E-state index in [4.69, 9.17) is 4.74 Å². The van der Waals surface area contributed by atoms with E-state index in [9.17, 15) is 9.59 Å². The minimum Gasteiger partial charge on any atom is -0.493 e. The number of benzene rings is 1. The number of thiophene rings is 1. The van der Waals surface area contributed by atoms with Crippen molar-refractivity contribution in [3.63, 3.8) is 0 Å². The molecule has 0 unspecified atom stereocenters. The third-order valence-corrected chi connectivity index (χ3v) is 7.53. The fourth-order valence-electron chi connectivity index (χ4n) is 4.96. The van der Waals surface area contributed by atoms with Crippen LogP contribution < -0.4 is 4.74 Å². The maximum atomic E-state index is 13.0. The predicted octanol–water partition coefficient (Wildman–Crippen LogP) is 4.41. The Hall–Kier alpha value is -2.34. The summed E-state index contributed by atoms with van der Waals surface area (Å²) in [7, 11) is 0. The summed E-state index contributed by atoms with van der Waals surface area (Å²) < 4.78 is 6.12. The van der Waals surface area contributed by atoms with Crippen LogP contribution in [0.2, 0.25) is 0 Å². The lowest BCUT2D eigenvalue weighted by atomic mass is 9.78. The Labute approximate surface area is 189 Å². The van der Waals surface area contributed by atoms with Gasteiger partial charge in [0.05, 0.1) is 11.5 Å². The standard InChI is InChI=1S/C25H32N2O3S/c1-18(2)24(28)26-12-10-19(11-13-26)22-16-27(25(29)23-9-6-14-31-23)15-20(22)17-30-21-7-4-3-5-8-21/h3-9,14,18-20,22H,10-13,15-17H2,1-2H3/t20-,22-/m0/s1. The lowest BCUT2D eigenvalue weighted by Gasteiger charge is -2.37. The molecule has 1 aromatic carbocycles. The largest absolute Gasteiger partial charge is 0.493 e. The summed E-state index contributed by atoms with van der Waals surface area (Å²) in [5.74, 6) is 2.54. The molecule has 0 saturated carbocycles. The van der Waals surface area contributed by atoms with E-state index in [-0.39, 0.29) is 17.7 Å². The van der Waals surface area contributed by atoms with Crippen LogP contribution in [0, 0.1) is 23.7 Å². The van der Waals surface area contributed by atoms with Gasteiger partial charge in [-0.15, -0.1) is 11.3 Å². The van der Waals surface area contributed by atoms with E-state index >= 15 is 0 Å². The third kappa shape index (κ3) is 5.12. The average molecular weight is 441 g/mol. The lowest BCUT2D eigenvalue weighted by Crippen LogP contribution is -2.43. The first-order chi connectivity index (χ1) is 15.0. The normalized spacial score (nSPS) is 22.2. The van der Waals surface area contributed by atoms with Gasteiger partial charge in [0.2, 0.25) is 5.91 Å². The van der Waals surface area contributed by atoms with Crippen molar-refractivity contribution in [1.29, 1.82) is 0 Å². The van der Waals surface area contributed by atoms with E-state index in [2.05, 4.69) is 0 Å². The highest BCUT2D eigenvalue weighted by Crippen LogP contribution is 2.37. The van der Waals surface area contributed by atoms with E-state index in [1.807, 2.05) is 71.5 Å². The molecule has 2 fully saturated rings. The zero-order valence-electron chi connectivity index (χ0n) is 18.4. The second-order valence-electron chi connectivity index (χ2n) is 9.05. The van der Waals surface area contributed by atoms with Crippen LogP contribution in [0.4, 0.5) is 0 Å². The van der Waals surface area contributed by atoms with Gasteiger partial charge in [0.1, 0.15) is 5.75 Å². The maximum absolute atomic E-state index is 13.0. The number of hydrogen-bond donors (Lipinski definition) is 0. The molecule has 166 valence electrons. The SMILES string of the molecule is CC(C)C(=O)N1CCC([C@@H]2CN(C(=O)c3cccs3)C[C@H]2COc2ccccc2)CC1.